The van der Waals surface area contributed by atoms with Crippen molar-refractivity contribution >= 4 is 27.5 Å². The summed E-state index contributed by atoms with van der Waals surface area (Å²) in [6.07, 6.45) is 3.05. The molecule has 0 aliphatic heterocycles. The van der Waals surface area contributed by atoms with E-state index in [1.807, 2.05) is 11.4 Å². The number of ether oxygens (including phenoxy) is 1. The Kier molecular flexibility index (Phi) is 5.08. The van der Waals surface area contributed by atoms with Crippen molar-refractivity contribution in [3.63, 3.8) is 0 Å². The highest BCUT2D eigenvalue weighted by molar-refractivity contribution is 7.17. The molecule has 7 heteroatoms. The van der Waals surface area contributed by atoms with Crippen LogP contribution in [0.15, 0.2) is 58.8 Å². The molecule has 0 N–H and O–H groups in total. The number of thiophene rings is 1. The van der Waals surface area contributed by atoms with E-state index in [9.17, 15) is 4.79 Å². The maximum Gasteiger partial charge on any atom is 0.260 e. The molecule has 1 aromatic carbocycles. The van der Waals surface area contributed by atoms with Crippen LogP contribution in [0.5, 0.6) is 5.88 Å². The fourth-order valence-corrected chi connectivity index (χ4v) is 3.77. The van der Waals surface area contributed by atoms with Gasteiger partial charge in [-0.1, -0.05) is 29.8 Å². The maximum absolute atomic E-state index is 12.4. The molecule has 0 atom stereocenters. The Labute approximate surface area is 166 Å². The van der Waals surface area contributed by atoms with E-state index in [2.05, 4.69) is 41.2 Å². The summed E-state index contributed by atoms with van der Waals surface area (Å²) in [5, 5.41) is 2.87. The summed E-state index contributed by atoms with van der Waals surface area (Å²) in [6.45, 7) is 2.34. The first-order valence-corrected chi connectivity index (χ1v) is 9.68. The molecule has 0 fully saturated rings. The highest BCUT2D eigenvalue weighted by Gasteiger charge is 2.17. The molecule has 0 aliphatic carbocycles. The van der Waals surface area contributed by atoms with Gasteiger partial charge in [-0.3, -0.25) is 4.79 Å². The Bertz CT molecular complexity index is 1090. The zero-order chi connectivity index (χ0) is 19.5. The Morgan fingerprint density at radius 1 is 1.21 bits per heavy atom. The van der Waals surface area contributed by atoms with Crippen molar-refractivity contribution < 1.29 is 13.9 Å². The van der Waals surface area contributed by atoms with Gasteiger partial charge in [0.2, 0.25) is 5.88 Å². The summed E-state index contributed by atoms with van der Waals surface area (Å²) in [5.74, 6) is 0.983. The van der Waals surface area contributed by atoms with Gasteiger partial charge in [0.1, 0.15) is 16.9 Å². The first-order valence-electron chi connectivity index (χ1n) is 8.80. The third kappa shape index (κ3) is 3.75. The molecule has 0 saturated heterocycles. The predicted molar refractivity (Wildman–Crippen MR) is 108 cm³/mol. The lowest BCUT2D eigenvalue weighted by molar-refractivity contribution is -0.132. The van der Waals surface area contributed by atoms with Crippen molar-refractivity contribution in [3.05, 3.63) is 65.7 Å². The second-order valence-electron chi connectivity index (χ2n) is 6.49. The van der Waals surface area contributed by atoms with Gasteiger partial charge in [0, 0.05) is 18.0 Å². The van der Waals surface area contributed by atoms with Crippen LogP contribution in [0.25, 0.3) is 21.3 Å². The van der Waals surface area contributed by atoms with E-state index in [4.69, 9.17) is 9.15 Å². The fourth-order valence-electron chi connectivity index (χ4n) is 2.87. The normalized spacial score (nSPS) is 10.9. The second kappa shape index (κ2) is 7.82. The van der Waals surface area contributed by atoms with Crippen LogP contribution < -0.4 is 4.74 Å². The first-order chi connectivity index (χ1) is 13.6. The molecule has 1 amide bonds. The van der Waals surface area contributed by atoms with Gasteiger partial charge in [-0.2, -0.15) is 0 Å². The van der Waals surface area contributed by atoms with E-state index in [0.29, 0.717) is 12.4 Å². The standard InChI is InChI=1S/C21H19N3O3S/c1-14-5-7-15(8-6-14)17-12-28-21-19(17)20(22-13-23-21)27-11-18(25)24(2)10-16-4-3-9-26-16/h3-9,12-13H,10-11H2,1-2H3. The summed E-state index contributed by atoms with van der Waals surface area (Å²) in [5.41, 5.74) is 3.27. The van der Waals surface area contributed by atoms with Crippen LogP contribution in [0.4, 0.5) is 0 Å². The third-order valence-corrected chi connectivity index (χ3v) is 5.32. The fraction of sp³-hybridized carbons (Fsp3) is 0.190. The van der Waals surface area contributed by atoms with Crippen LogP contribution in [0.1, 0.15) is 11.3 Å². The number of furan rings is 1. The molecule has 0 spiro atoms. The highest BCUT2D eigenvalue weighted by atomic mass is 32.1. The van der Waals surface area contributed by atoms with E-state index in [-0.39, 0.29) is 12.5 Å². The molecular formula is C21H19N3O3S. The van der Waals surface area contributed by atoms with Crippen molar-refractivity contribution in [3.8, 4) is 17.0 Å². The minimum Gasteiger partial charge on any atom is -0.467 e. The number of aryl methyl sites for hydroxylation is 1. The number of amides is 1. The number of hydrogen-bond acceptors (Lipinski definition) is 6. The van der Waals surface area contributed by atoms with Gasteiger partial charge in [0.05, 0.1) is 18.2 Å². The average Bonchev–Trinajstić information content (AvgIpc) is 3.36. The molecular weight excluding hydrogens is 374 g/mol. The van der Waals surface area contributed by atoms with E-state index in [1.54, 1.807) is 24.3 Å². The van der Waals surface area contributed by atoms with Crippen LogP contribution in [-0.2, 0) is 11.3 Å². The van der Waals surface area contributed by atoms with Gasteiger partial charge in [0.15, 0.2) is 6.61 Å². The predicted octanol–water partition coefficient (Wildman–Crippen LogP) is 4.30. The SMILES string of the molecule is Cc1ccc(-c2csc3ncnc(OCC(=O)N(C)Cc4ccco4)c23)cc1. The number of rotatable bonds is 6. The average molecular weight is 393 g/mol. The van der Waals surface area contributed by atoms with Gasteiger partial charge in [0.25, 0.3) is 5.91 Å². The Hall–Kier alpha value is -3.19. The van der Waals surface area contributed by atoms with Crippen LogP contribution in [0, 0.1) is 6.92 Å². The van der Waals surface area contributed by atoms with Crippen molar-refractivity contribution in [1.82, 2.24) is 14.9 Å². The summed E-state index contributed by atoms with van der Waals surface area (Å²) >= 11 is 1.53. The van der Waals surface area contributed by atoms with Crippen LogP contribution >= 0.6 is 11.3 Å². The molecule has 28 heavy (non-hydrogen) atoms. The lowest BCUT2D eigenvalue weighted by atomic mass is 10.0. The number of benzene rings is 1. The lowest BCUT2D eigenvalue weighted by Crippen LogP contribution is -2.30. The Balaban J connectivity index is 1.54. The van der Waals surface area contributed by atoms with Crippen LogP contribution in [0.3, 0.4) is 0 Å². The number of carbonyl (C=O) groups is 1. The summed E-state index contributed by atoms with van der Waals surface area (Å²) in [6, 6.07) is 11.9. The first kappa shape index (κ1) is 18.2. The highest BCUT2D eigenvalue weighted by Crippen LogP contribution is 2.37. The van der Waals surface area contributed by atoms with Gasteiger partial charge in [-0.05, 0) is 24.6 Å². The number of fused-ring (bicyclic) bond motifs is 1. The lowest BCUT2D eigenvalue weighted by Gasteiger charge is -2.16. The summed E-state index contributed by atoms with van der Waals surface area (Å²) in [4.78, 5) is 23.4. The Morgan fingerprint density at radius 2 is 2.04 bits per heavy atom. The van der Waals surface area contributed by atoms with Crippen LogP contribution in [-0.4, -0.2) is 34.4 Å². The van der Waals surface area contributed by atoms with Crippen molar-refractivity contribution in [1.29, 1.82) is 0 Å². The molecule has 3 aromatic heterocycles. The number of nitrogens with zero attached hydrogens (tertiary/aromatic N) is 3. The monoisotopic (exact) mass is 393 g/mol. The van der Waals surface area contributed by atoms with E-state index < -0.39 is 0 Å². The van der Waals surface area contributed by atoms with Gasteiger partial charge in [-0.15, -0.1) is 11.3 Å². The molecule has 0 saturated carbocycles. The van der Waals surface area contributed by atoms with Gasteiger partial charge in [-0.25, -0.2) is 9.97 Å². The van der Waals surface area contributed by atoms with Crippen molar-refractivity contribution in [2.45, 2.75) is 13.5 Å². The van der Waals surface area contributed by atoms with E-state index in [0.717, 1.165) is 27.1 Å². The Morgan fingerprint density at radius 3 is 2.79 bits per heavy atom. The number of carbonyl (C=O) groups excluding carboxylic acids is 1. The van der Waals surface area contributed by atoms with Crippen molar-refractivity contribution in [2.75, 3.05) is 13.7 Å². The zero-order valence-electron chi connectivity index (χ0n) is 15.6. The van der Waals surface area contributed by atoms with E-state index in [1.165, 1.54) is 23.2 Å². The molecule has 0 aliphatic rings. The van der Waals surface area contributed by atoms with Crippen molar-refractivity contribution in [2.24, 2.45) is 0 Å². The number of aromatic nitrogens is 2. The molecule has 6 nitrogen and oxygen atoms in total. The summed E-state index contributed by atoms with van der Waals surface area (Å²) < 4.78 is 11.1. The number of likely N-dealkylation sites (N-methyl/N-ethyl adjacent to an activating group) is 1. The van der Waals surface area contributed by atoms with Gasteiger partial charge < -0.3 is 14.1 Å². The molecule has 3 heterocycles. The minimum atomic E-state index is -0.157. The molecule has 4 aromatic rings. The maximum atomic E-state index is 12.4. The second-order valence-corrected chi connectivity index (χ2v) is 7.35. The largest absolute Gasteiger partial charge is 0.467 e. The molecule has 0 unspecified atom stereocenters. The molecule has 4 rings (SSSR count). The number of hydrogen-bond donors (Lipinski definition) is 0. The smallest absolute Gasteiger partial charge is 0.260 e. The minimum absolute atomic E-state index is 0.105. The topological polar surface area (TPSA) is 68.5 Å². The van der Waals surface area contributed by atoms with E-state index >= 15 is 0 Å². The quantitative estimate of drug-likeness (QED) is 0.489. The van der Waals surface area contributed by atoms with Crippen LogP contribution in [0.2, 0.25) is 0 Å². The zero-order valence-corrected chi connectivity index (χ0v) is 16.4. The molecule has 0 radical (unpaired) electrons. The molecule has 0 bridgehead atoms. The molecule has 142 valence electrons. The third-order valence-electron chi connectivity index (χ3n) is 4.43. The van der Waals surface area contributed by atoms with Gasteiger partial charge >= 0.3 is 0 Å². The summed E-state index contributed by atoms with van der Waals surface area (Å²) in [7, 11) is 1.71.